The van der Waals surface area contributed by atoms with E-state index in [2.05, 4.69) is 50.9 Å². The topological polar surface area (TPSA) is 59.1 Å². The lowest BCUT2D eigenvalue weighted by molar-refractivity contribution is 0.183. The van der Waals surface area contributed by atoms with Gasteiger partial charge in [0.1, 0.15) is 4.83 Å². The van der Waals surface area contributed by atoms with E-state index in [-0.39, 0.29) is 5.54 Å². The molecule has 1 unspecified atom stereocenters. The van der Waals surface area contributed by atoms with Crippen molar-refractivity contribution in [2.75, 3.05) is 25.1 Å². The molecular formula is C21H18N4OS2. The smallest absolute Gasteiger partial charge is 0.125 e. The molecule has 5 heterocycles. The van der Waals surface area contributed by atoms with Gasteiger partial charge in [0.15, 0.2) is 0 Å². The Morgan fingerprint density at radius 1 is 1.18 bits per heavy atom. The lowest BCUT2D eigenvalue weighted by Crippen LogP contribution is -2.42. The van der Waals surface area contributed by atoms with Crippen molar-refractivity contribution < 1.29 is 4.74 Å². The largest absolute Gasteiger partial charge is 0.379 e. The minimum Gasteiger partial charge on any atom is -0.379 e. The van der Waals surface area contributed by atoms with Gasteiger partial charge in [0, 0.05) is 35.3 Å². The van der Waals surface area contributed by atoms with Gasteiger partial charge >= 0.3 is 0 Å². The SMILES string of the molecule is C1=C(c2cc3c(Nc4ccc5scnc5c4)ccnc3s2)C2(CCOC2)NC1. The van der Waals surface area contributed by atoms with Crippen LogP contribution in [0.25, 0.3) is 26.0 Å². The molecule has 3 aromatic heterocycles. The number of nitrogens with zero attached hydrogens (tertiary/aromatic N) is 2. The number of thiazole rings is 1. The predicted octanol–water partition coefficient (Wildman–Crippen LogP) is 4.80. The first-order valence-electron chi connectivity index (χ1n) is 9.33. The van der Waals surface area contributed by atoms with Gasteiger partial charge in [-0.2, -0.15) is 0 Å². The maximum Gasteiger partial charge on any atom is 0.125 e. The average molecular weight is 407 g/mol. The molecule has 2 aliphatic rings. The van der Waals surface area contributed by atoms with Crippen LogP contribution in [0.5, 0.6) is 0 Å². The normalized spacial score (nSPS) is 21.8. The van der Waals surface area contributed by atoms with Crippen molar-refractivity contribution >= 4 is 60.1 Å². The fourth-order valence-corrected chi connectivity index (χ4v) is 5.99. The minimum absolute atomic E-state index is 0.0237. The summed E-state index contributed by atoms with van der Waals surface area (Å²) >= 11 is 3.42. The first kappa shape index (κ1) is 16.6. The van der Waals surface area contributed by atoms with E-state index in [4.69, 9.17) is 4.74 Å². The molecule has 1 spiro atoms. The second-order valence-electron chi connectivity index (χ2n) is 7.23. The standard InChI is InChI=1S/C21H18N4OS2/c1-2-18-17(23-12-27-18)9-13(1)25-16-4-6-22-20-14(16)10-19(28-20)15-3-7-24-21(15)5-8-26-11-21/h1-4,6,9-10,12,24H,5,7-8,11H2,(H,22,25). The highest BCUT2D eigenvalue weighted by Gasteiger charge is 2.41. The van der Waals surface area contributed by atoms with Crippen molar-refractivity contribution in [1.29, 1.82) is 0 Å². The molecular weight excluding hydrogens is 388 g/mol. The van der Waals surface area contributed by atoms with Crippen LogP contribution in [0, 0.1) is 0 Å². The number of nitrogens with one attached hydrogen (secondary N) is 2. The maximum absolute atomic E-state index is 5.71. The Kier molecular flexibility index (Phi) is 3.77. The molecule has 28 heavy (non-hydrogen) atoms. The molecule has 7 heteroatoms. The van der Waals surface area contributed by atoms with E-state index in [0.717, 1.165) is 53.3 Å². The van der Waals surface area contributed by atoms with Crippen LogP contribution >= 0.6 is 22.7 Å². The fourth-order valence-electron chi connectivity index (χ4n) is 4.16. The van der Waals surface area contributed by atoms with E-state index >= 15 is 0 Å². The lowest BCUT2D eigenvalue weighted by atomic mass is 9.90. The fraction of sp³-hybridized carbons (Fsp3) is 0.238. The van der Waals surface area contributed by atoms with E-state index in [9.17, 15) is 0 Å². The third-order valence-electron chi connectivity index (χ3n) is 5.59. The summed E-state index contributed by atoms with van der Waals surface area (Å²) in [5, 5.41) is 8.36. The predicted molar refractivity (Wildman–Crippen MR) is 117 cm³/mol. The molecule has 1 fully saturated rings. The molecule has 0 radical (unpaired) electrons. The first-order chi connectivity index (χ1) is 13.8. The van der Waals surface area contributed by atoms with Crippen molar-refractivity contribution in [3.05, 3.63) is 53.0 Å². The summed E-state index contributed by atoms with van der Waals surface area (Å²) in [5.74, 6) is 0. The molecule has 140 valence electrons. The van der Waals surface area contributed by atoms with Crippen LogP contribution in [0.1, 0.15) is 11.3 Å². The van der Waals surface area contributed by atoms with E-state index in [0.29, 0.717) is 0 Å². The van der Waals surface area contributed by atoms with Gasteiger partial charge in [0.2, 0.25) is 0 Å². The Morgan fingerprint density at radius 3 is 3.11 bits per heavy atom. The van der Waals surface area contributed by atoms with E-state index in [1.165, 1.54) is 15.2 Å². The number of benzene rings is 1. The van der Waals surface area contributed by atoms with Gasteiger partial charge in [0.25, 0.3) is 0 Å². The second-order valence-corrected chi connectivity index (χ2v) is 9.15. The highest BCUT2D eigenvalue weighted by atomic mass is 32.1. The molecule has 0 amide bonds. The van der Waals surface area contributed by atoms with Crippen LogP contribution in [0.2, 0.25) is 0 Å². The van der Waals surface area contributed by atoms with Gasteiger partial charge in [-0.15, -0.1) is 22.7 Å². The zero-order valence-electron chi connectivity index (χ0n) is 15.1. The van der Waals surface area contributed by atoms with Gasteiger partial charge in [-0.3, -0.25) is 0 Å². The number of fused-ring (bicyclic) bond motifs is 2. The quantitative estimate of drug-likeness (QED) is 0.512. The monoisotopic (exact) mass is 406 g/mol. The number of rotatable bonds is 3. The number of anilines is 2. The van der Waals surface area contributed by atoms with Crippen molar-refractivity contribution in [3.8, 4) is 0 Å². The molecule has 0 saturated carbocycles. The molecule has 6 rings (SSSR count). The highest BCUT2D eigenvalue weighted by Crippen LogP contribution is 2.42. The molecule has 2 N–H and O–H groups in total. The van der Waals surface area contributed by atoms with E-state index in [1.807, 2.05) is 17.8 Å². The van der Waals surface area contributed by atoms with Crippen molar-refractivity contribution in [3.63, 3.8) is 0 Å². The van der Waals surface area contributed by atoms with E-state index in [1.54, 1.807) is 22.7 Å². The summed E-state index contributed by atoms with van der Waals surface area (Å²) < 4.78 is 6.91. The number of pyridine rings is 1. The van der Waals surface area contributed by atoms with Crippen LogP contribution < -0.4 is 10.6 Å². The lowest BCUT2D eigenvalue weighted by Gasteiger charge is -2.25. The Balaban J connectivity index is 1.39. The molecule has 2 aliphatic heterocycles. The molecule has 4 aromatic rings. The van der Waals surface area contributed by atoms with Gasteiger partial charge in [-0.25, -0.2) is 9.97 Å². The van der Waals surface area contributed by atoms with Gasteiger partial charge in [-0.05, 0) is 42.3 Å². The van der Waals surface area contributed by atoms with Crippen molar-refractivity contribution in [1.82, 2.24) is 15.3 Å². The summed E-state index contributed by atoms with van der Waals surface area (Å²) in [6.45, 7) is 2.47. The summed E-state index contributed by atoms with van der Waals surface area (Å²) in [7, 11) is 0. The molecule has 0 bridgehead atoms. The Morgan fingerprint density at radius 2 is 2.18 bits per heavy atom. The third-order valence-corrected chi connectivity index (χ3v) is 7.48. The summed E-state index contributed by atoms with van der Waals surface area (Å²) in [5.41, 5.74) is 6.37. The van der Waals surface area contributed by atoms with Crippen LogP contribution in [-0.2, 0) is 4.74 Å². The average Bonchev–Trinajstić information content (AvgIpc) is 3.49. The van der Waals surface area contributed by atoms with Crippen LogP contribution in [-0.4, -0.2) is 35.3 Å². The zero-order valence-corrected chi connectivity index (χ0v) is 16.7. The number of hydrogen-bond acceptors (Lipinski definition) is 7. The molecule has 1 atom stereocenters. The van der Waals surface area contributed by atoms with Crippen LogP contribution in [0.4, 0.5) is 11.4 Å². The zero-order chi connectivity index (χ0) is 18.6. The molecule has 5 nitrogen and oxygen atoms in total. The summed E-state index contributed by atoms with van der Waals surface area (Å²) in [4.78, 5) is 11.4. The summed E-state index contributed by atoms with van der Waals surface area (Å²) in [6, 6.07) is 10.6. The van der Waals surface area contributed by atoms with Gasteiger partial charge in [0.05, 0.1) is 33.6 Å². The third kappa shape index (κ3) is 2.58. The molecule has 0 aliphatic carbocycles. The second kappa shape index (κ2) is 6.35. The van der Waals surface area contributed by atoms with Crippen LogP contribution in [0.15, 0.2) is 48.1 Å². The van der Waals surface area contributed by atoms with Gasteiger partial charge < -0.3 is 15.4 Å². The number of ether oxygens (including phenoxy) is 1. The maximum atomic E-state index is 5.71. The Labute approximate surface area is 170 Å². The number of thiophene rings is 1. The number of hydrogen-bond donors (Lipinski definition) is 2. The highest BCUT2D eigenvalue weighted by molar-refractivity contribution is 7.19. The van der Waals surface area contributed by atoms with Gasteiger partial charge in [-0.1, -0.05) is 6.08 Å². The van der Waals surface area contributed by atoms with Crippen LogP contribution in [0.3, 0.4) is 0 Å². The van der Waals surface area contributed by atoms with E-state index < -0.39 is 0 Å². The Bertz CT molecular complexity index is 1220. The van der Waals surface area contributed by atoms with Crippen molar-refractivity contribution in [2.24, 2.45) is 0 Å². The Hall–Kier alpha value is -2.32. The molecule has 1 saturated heterocycles. The minimum atomic E-state index is -0.0237. The van der Waals surface area contributed by atoms with Crippen molar-refractivity contribution in [2.45, 2.75) is 12.0 Å². The number of aromatic nitrogens is 2. The summed E-state index contributed by atoms with van der Waals surface area (Å²) in [6.07, 6.45) is 5.21. The first-order valence-corrected chi connectivity index (χ1v) is 11.0. The molecule has 1 aromatic carbocycles.